The van der Waals surface area contributed by atoms with Crippen molar-refractivity contribution in [1.29, 1.82) is 0 Å². The van der Waals surface area contributed by atoms with E-state index in [0.717, 1.165) is 0 Å². The minimum Gasteiger partial charge on any atom is -0.497 e. The van der Waals surface area contributed by atoms with Gasteiger partial charge in [-0.2, -0.15) is 4.52 Å². The van der Waals surface area contributed by atoms with Crippen molar-refractivity contribution in [2.45, 2.75) is 18.7 Å². The molecule has 0 saturated carbocycles. The van der Waals surface area contributed by atoms with Crippen LogP contribution in [-0.2, 0) is 10.0 Å². The summed E-state index contributed by atoms with van der Waals surface area (Å²) < 4.78 is 45.9. The van der Waals surface area contributed by atoms with E-state index >= 15 is 0 Å². The standard InChI is InChI=1S/C23H24ClN5O5S/c1-14-12-20(15(2)11-18(14)24)35(30,31)25-9-10-34-22-8-7-21-26-27-23(29(21)28-22)17-13-16(32-3)5-6-19(17)33-4/h5-8,11-13,25H,9-10H2,1-4H3. The topological polar surface area (TPSA) is 117 Å². The van der Waals surface area contributed by atoms with E-state index in [1.54, 1.807) is 70.5 Å². The molecule has 0 aliphatic rings. The van der Waals surface area contributed by atoms with E-state index in [4.69, 9.17) is 25.8 Å². The number of halogens is 1. The number of sulfonamides is 1. The summed E-state index contributed by atoms with van der Waals surface area (Å²) in [5.74, 6) is 1.92. The zero-order valence-corrected chi connectivity index (χ0v) is 21.1. The Labute approximate surface area is 207 Å². The molecule has 1 N–H and O–H groups in total. The number of hydrogen-bond acceptors (Lipinski definition) is 8. The van der Waals surface area contributed by atoms with Crippen molar-refractivity contribution in [3.8, 4) is 28.8 Å². The molecule has 0 saturated heterocycles. The Morgan fingerprint density at radius 2 is 1.80 bits per heavy atom. The molecule has 184 valence electrons. The first-order chi connectivity index (χ1) is 16.7. The highest BCUT2D eigenvalue weighted by atomic mass is 35.5. The molecule has 0 amide bonds. The van der Waals surface area contributed by atoms with Gasteiger partial charge in [-0.05, 0) is 61.4 Å². The van der Waals surface area contributed by atoms with Crippen LogP contribution in [0.3, 0.4) is 0 Å². The maximum atomic E-state index is 12.7. The monoisotopic (exact) mass is 517 g/mol. The van der Waals surface area contributed by atoms with Gasteiger partial charge in [-0.25, -0.2) is 13.1 Å². The summed E-state index contributed by atoms with van der Waals surface area (Å²) in [6.07, 6.45) is 0. The largest absolute Gasteiger partial charge is 0.497 e. The normalized spacial score (nSPS) is 11.6. The Bertz CT molecular complexity index is 1490. The van der Waals surface area contributed by atoms with E-state index in [-0.39, 0.29) is 23.9 Å². The molecule has 10 nitrogen and oxygen atoms in total. The van der Waals surface area contributed by atoms with Gasteiger partial charge in [0.15, 0.2) is 11.5 Å². The van der Waals surface area contributed by atoms with Gasteiger partial charge in [0.1, 0.15) is 18.1 Å². The smallest absolute Gasteiger partial charge is 0.240 e. The molecule has 12 heteroatoms. The lowest BCUT2D eigenvalue weighted by Gasteiger charge is -2.12. The molecule has 2 aromatic heterocycles. The second kappa shape index (κ2) is 10.1. The van der Waals surface area contributed by atoms with Crippen molar-refractivity contribution in [2.24, 2.45) is 0 Å². The van der Waals surface area contributed by atoms with Crippen molar-refractivity contribution in [3.63, 3.8) is 0 Å². The average Bonchev–Trinajstić information content (AvgIpc) is 3.26. The van der Waals surface area contributed by atoms with E-state index < -0.39 is 10.0 Å². The zero-order chi connectivity index (χ0) is 25.2. The molecule has 0 bridgehead atoms. The van der Waals surface area contributed by atoms with Crippen molar-refractivity contribution in [2.75, 3.05) is 27.4 Å². The number of aryl methyl sites for hydroxylation is 2. The Morgan fingerprint density at radius 1 is 1.00 bits per heavy atom. The van der Waals surface area contributed by atoms with Crippen LogP contribution < -0.4 is 18.9 Å². The highest BCUT2D eigenvalue weighted by Crippen LogP contribution is 2.32. The first-order valence-corrected chi connectivity index (χ1v) is 12.4. The number of nitrogens with zero attached hydrogens (tertiary/aromatic N) is 4. The van der Waals surface area contributed by atoms with E-state index in [1.807, 2.05) is 0 Å². The van der Waals surface area contributed by atoms with Gasteiger partial charge in [0.25, 0.3) is 0 Å². The predicted molar refractivity (Wildman–Crippen MR) is 131 cm³/mol. The highest BCUT2D eigenvalue weighted by Gasteiger charge is 2.19. The summed E-state index contributed by atoms with van der Waals surface area (Å²) in [4.78, 5) is 0.181. The number of aromatic nitrogens is 4. The minimum absolute atomic E-state index is 0.0436. The maximum absolute atomic E-state index is 12.7. The maximum Gasteiger partial charge on any atom is 0.240 e. The van der Waals surface area contributed by atoms with E-state index in [9.17, 15) is 8.42 Å². The lowest BCUT2D eigenvalue weighted by atomic mass is 10.2. The predicted octanol–water partition coefficient (Wildman–Crippen LogP) is 3.44. The molecular formula is C23H24ClN5O5S. The van der Waals surface area contributed by atoms with Crippen molar-refractivity contribution in [3.05, 3.63) is 58.6 Å². The van der Waals surface area contributed by atoms with Crippen LogP contribution in [0.15, 0.2) is 47.4 Å². The number of benzene rings is 2. The van der Waals surface area contributed by atoms with Gasteiger partial charge in [-0.1, -0.05) is 11.6 Å². The van der Waals surface area contributed by atoms with E-state index in [2.05, 4.69) is 20.0 Å². The molecule has 0 fully saturated rings. The van der Waals surface area contributed by atoms with E-state index in [0.29, 0.717) is 44.7 Å². The van der Waals surface area contributed by atoms with Gasteiger partial charge in [0.2, 0.25) is 15.9 Å². The summed E-state index contributed by atoms with van der Waals surface area (Å²) in [7, 11) is -0.597. The molecule has 0 atom stereocenters. The molecule has 4 aromatic rings. The molecule has 2 heterocycles. The number of methoxy groups -OCH3 is 2. The second-order valence-corrected chi connectivity index (χ2v) is 9.79. The van der Waals surface area contributed by atoms with Crippen LogP contribution in [0.25, 0.3) is 17.0 Å². The SMILES string of the molecule is COc1ccc(OC)c(-c2nnc3ccc(OCCNS(=O)(=O)c4cc(C)c(Cl)cc4C)nn23)c1. The molecule has 0 aliphatic heterocycles. The Hall–Kier alpha value is -3.41. The quantitative estimate of drug-likeness (QED) is 0.335. The van der Waals surface area contributed by atoms with Gasteiger partial charge in [0, 0.05) is 17.6 Å². The Kier molecular flexibility index (Phi) is 7.10. The molecular weight excluding hydrogens is 494 g/mol. The van der Waals surface area contributed by atoms with Crippen molar-refractivity contribution < 1.29 is 22.6 Å². The first kappa shape index (κ1) is 24.7. The minimum atomic E-state index is -3.73. The van der Waals surface area contributed by atoms with Crippen LogP contribution in [0.1, 0.15) is 11.1 Å². The van der Waals surface area contributed by atoms with Gasteiger partial charge < -0.3 is 14.2 Å². The fourth-order valence-corrected chi connectivity index (χ4v) is 5.00. The number of hydrogen-bond donors (Lipinski definition) is 1. The van der Waals surface area contributed by atoms with Crippen LogP contribution in [-0.4, -0.2) is 55.6 Å². The van der Waals surface area contributed by atoms with Gasteiger partial charge in [-0.15, -0.1) is 15.3 Å². The van der Waals surface area contributed by atoms with Crippen LogP contribution in [0.5, 0.6) is 17.4 Å². The zero-order valence-electron chi connectivity index (χ0n) is 19.6. The first-order valence-electron chi connectivity index (χ1n) is 10.6. The summed E-state index contributed by atoms with van der Waals surface area (Å²) in [5.41, 5.74) is 2.40. The number of fused-ring (bicyclic) bond motifs is 1. The average molecular weight is 518 g/mol. The van der Waals surface area contributed by atoms with Crippen LogP contribution in [0.2, 0.25) is 5.02 Å². The molecule has 0 radical (unpaired) electrons. The lowest BCUT2D eigenvalue weighted by Crippen LogP contribution is -2.29. The number of rotatable bonds is 9. The third-order valence-corrected chi connectivity index (χ3v) is 7.29. The van der Waals surface area contributed by atoms with Crippen LogP contribution in [0, 0.1) is 13.8 Å². The van der Waals surface area contributed by atoms with Crippen LogP contribution >= 0.6 is 11.6 Å². The summed E-state index contributed by atoms with van der Waals surface area (Å²) in [6, 6.07) is 11.9. The van der Waals surface area contributed by atoms with Crippen LogP contribution in [0.4, 0.5) is 0 Å². The molecule has 0 unspecified atom stereocenters. The third kappa shape index (κ3) is 5.16. The van der Waals surface area contributed by atoms with Crippen molar-refractivity contribution >= 4 is 27.3 Å². The molecule has 2 aromatic carbocycles. The Balaban J connectivity index is 1.49. The van der Waals surface area contributed by atoms with Gasteiger partial charge in [-0.3, -0.25) is 0 Å². The van der Waals surface area contributed by atoms with Gasteiger partial charge in [0.05, 0.1) is 24.7 Å². The molecule has 0 aliphatic carbocycles. The third-order valence-electron chi connectivity index (χ3n) is 5.28. The fourth-order valence-electron chi connectivity index (χ4n) is 3.46. The Morgan fingerprint density at radius 3 is 2.54 bits per heavy atom. The van der Waals surface area contributed by atoms with Crippen molar-refractivity contribution in [1.82, 2.24) is 24.5 Å². The van der Waals surface area contributed by atoms with E-state index in [1.165, 1.54) is 4.52 Å². The highest BCUT2D eigenvalue weighted by molar-refractivity contribution is 7.89. The summed E-state index contributed by atoms with van der Waals surface area (Å²) >= 11 is 6.08. The molecule has 4 rings (SSSR count). The summed E-state index contributed by atoms with van der Waals surface area (Å²) in [6.45, 7) is 3.56. The van der Waals surface area contributed by atoms with Gasteiger partial charge >= 0.3 is 0 Å². The second-order valence-electron chi connectivity index (χ2n) is 7.64. The summed E-state index contributed by atoms with van der Waals surface area (Å²) in [5, 5.41) is 13.4. The number of nitrogens with one attached hydrogen (secondary N) is 1. The molecule has 35 heavy (non-hydrogen) atoms. The molecule has 0 spiro atoms. The number of ether oxygens (including phenoxy) is 3. The fraction of sp³-hybridized carbons (Fsp3) is 0.261. The lowest BCUT2D eigenvalue weighted by molar-refractivity contribution is 0.306.